The summed E-state index contributed by atoms with van der Waals surface area (Å²) in [6.45, 7) is 0.427. The minimum absolute atomic E-state index is 0. The number of halogens is 1. The molecule has 26 heavy (non-hydrogen) atoms. The molecule has 0 aliphatic carbocycles. The van der Waals surface area contributed by atoms with Crippen LogP contribution in [0.5, 0.6) is 23.1 Å². The maximum atomic E-state index is 5.92. The Morgan fingerprint density at radius 3 is 2.15 bits per heavy atom. The molecule has 2 N–H and O–H groups in total. The highest BCUT2D eigenvalue weighted by Crippen LogP contribution is 2.28. The fraction of sp³-hybridized carbons (Fsp3) is 0.150. The van der Waals surface area contributed by atoms with Gasteiger partial charge in [0, 0.05) is 32.8 Å². The highest BCUT2D eigenvalue weighted by molar-refractivity contribution is 5.85. The van der Waals surface area contributed by atoms with E-state index in [0.717, 1.165) is 17.1 Å². The number of nitrogens with two attached hydrogens (primary N) is 1. The number of nitrogens with zero attached hydrogens (tertiary/aromatic N) is 2. The first-order valence-electron chi connectivity index (χ1n) is 8.03. The normalized spacial score (nSPS) is 9.96. The maximum absolute atomic E-state index is 5.92. The van der Waals surface area contributed by atoms with Crippen molar-refractivity contribution in [1.82, 2.24) is 4.98 Å². The summed E-state index contributed by atoms with van der Waals surface area (Å²) < 4.78 is 11.8. The third-order valence-electron chi connectivity index (χ3n) is 3.55. The number of anilines is 1. The van der Waals surface area contributed by atoms with Crippen LogP contribution >= 0.6 is 12.4 Å². The molecule has 3 aromatic rings. The Bertz CT molecular complexity index is 841. The molecular formula is C20H22ClN3O2. The summed E-state index contributed by atoms with van der Waals surface area (Å²) in [5.41, 5.74) is 6.73. The van der Waals surface area contributed by atoms with Gasteiger partial charge in [0.2, 0.25) is 5.88 Å². The van der Waals surface area contributed by atoms with Crippen molar-refractivity contribution in [1.29, 1.82) is 0 Å². The summed E-state index contributed by atoms with van der Waals surface area (Å²) in [6.07, 6.45) is 0. The smallest absolute Gasteiger partial charge is 0.221 e. The third kappa shape index (κ3) is 5.12. The van der Waals surface area contributed by atoms with Gasteiger partial charge < -0.3 is 20.1 Å². The quantitative estimate of drug-likeness (QED) is 0.685. The molecular weight excluding hydrogens is 350 g/mol. The standard InChI is InChI=1S/C20H21N3O2.ClH/c1-23(2)19-11-15(14-21)12-20(22-19)25-18-10-6-9-17(13-18)24-16-7-4-3-5-8-16;/h3-13H,14,21H2,1-2H3;1H. The lowest BCUT2D eigenvalue weighted by atomic mass is 10.2. The molecule has 2 aromatic carbocycles. The van der Waals surface area contributed by atoms with Gasteiger partial charge in [-0.2, -0.15) is 4.98 Å². The second-order valence-electron chi connectivity index (χ2n) is 5.76. The predicted molar refractivity (Wildman–Crippen MR) is 107 cm³/mol. The molecule has 6 heteroatoms. The number of aromatic nitrogens is 1. The molecule has 0 fully saturated rings. The van der Waals surface area contributed by atoms with Gasteiger partial charge in [0.1, 0.15) is 23.1 Å². The summed E-state index contributed by atoms with van der Waals surface area (Å²) in [6, 6.07) is 20.9. The average Bonchev–Trinajstić information content (AvgIpc) is 2.62. The fourth-order valence-corrected chi connectivity index (χ4v) is 2.29. The van der Waals surface area contributed by atoms with Gasteiger partial charge in [-0.1, -0.05) is 24.3 Å². The van der Waals surface area contributed by atoms with E-state index in [2.05, 4.69) is 4.98 Å². The molecule has 5 nitrogen and oxygen atoms in total. The zero-order valence-electron chi connectivity index (χ0n) is 14.8. The minimum Gasteiger partial charge on any atom is -0.457 e. The second-order valence-corrected chi connectivity index (χ2v) is 5.76. The molecule has 0 aliphatic heterocycles. The van der Waals surface area contributed by atoms with Crippen LogP contribution in [0.1, 0.15) is 5.56 Å². The van der Waals surface area contributed by atoms with Crippen molar-refractivity contribution in [3.05, 3.63) is 72.3 Å². The van der Waals surface area contributed by atoms with Gasteiger partial charge in [0.15, 0.2) is 0 Å². The highest BCUT2D eigenvalue weighted by Gasteiger charge is 2.07. The number of hydrogen-bond acceptors (Lipinski definition) is 5. The van der Waals surface area contributed by atoms with Crippen LogP contribution in [-0.4, -0.2) is 19.1 Å². The Morgan fingerprint density at radius 1 is 0.846 bits per heavy atom. The number of ether oxygens (including phenoxy) is 2. The summed E-state index contributed by atoms with van der Waals surface area (Å²) >= 11 is 0. The van der Waals surface area contributed by atoms with E-state index < -0.39 is 0 Å². The Hall–Kier alpha value is -2.76. The molecule has 0 aliphatic rings. The van der Waals surface area contributed by atoms with Crippen LogP contribution in [0, 0.1) is 0 Å². The maximum Gasteiger partial charge on any atom is 0.221 e. The molecule has 0 unspecified atom stereocenters. The van der Waals surface area contributed by atoms with Crippen LogP contribution in [0.2, 0.25) is 0 Å². The van der Waals surface area contributed by atoms with Crippen LogP contribution in [0.25, 0.3) is 0 Å². The molecule has 0 spiro atoms. The Labute approximate surface area is 159 Å². The number of benzene rings is 2. The first kappa shape index (κ1) is 19.6. The van der Waals surface area contributed by atoms with E-state index in [0.29, 0.717) is 23.9 Å². The molecule has 0 saturated heterocycles. The lowest BCUT2D eigenvalue weighted by Gasteiger charge is -2.15. The molecule has 0 amide bonds. The van der Waals surface area contributed by atoms with Crippen molar-refractivity contribution in [2.75, 3.05) is 19.0 Å². The zero-order chi connectivity index (χ0) is 17.6. The first-order valence-corrected chi connectivity index (χ1v) is 8.03. The van der Waals surface area contributed by atoms with E-state index in [1.165, 1.54) is 0 Å². The molecule has 0 atom stereocenters. The Morgan fingerprint density at radius 2 is 1.50 bits per heavy atom. The molecule has 136 valence electrons. The summed E-state index contributed by atoms with van der Waals surface area (Å²) in [5.74, 6) is 3.43. The van der Waals surface area contributed by atoms with Gasteiger partial charge in [0.05, 0.1) is 0 Å². The van der Waals surface area contributed by atoms with Crippen LogP contribution in [-0.2, 0) is 6.54 Å². The second kappa shape index (κ2) is 9.08. The SMILES string of the molecule is CN(C)c1cc(CN)cc(Oc2cccc(Oc3ccccc3)c2)n1.Cl. The first-order chi connectivity index (χ1) is 12.1. The summed E-state index contributed by atoms with van der Waals surface area (Å²) in [4.78, 5) is 6.41. The van der Waals surface area contributed by atoms with E-state index in [1.54, 1.807) is 0 Å². The molecule has 0 radical (unpaired) electrons. The Balaban J connectivity index is 0.00000243. The number of para-hydroxylation sites is 1. The van der Waals surface area contributed by atoms with Crippen molar-refractivity contribution in [2.45, 2.75) is 6.54 Å². The fourth-order valence-electron chi connectivity index (χ4n) is 2.29. The van der Waals surface area contributed by atoms with Gasteiger partial charge in [-0.25, -0.2) is 0 Å². The zero-order valence-corrected chi connectivity index (χ0v) is 15.6. The highest BCUT2D eigenvalue weighted by atomic mass is 35.5. The molecule has 1 aromatic heterocycles. The van der Waals surface area contributed by atoms with Crippen LogP contribution in [0.15, 0.2) is 66.7 Å². The molecule has 0 saturated carbocycles. The monoisotopic (exact) mass is 371 g/mol. The van der Waals surface area contributed by atoms with Crippen molar-refractivity contribution < 1.29 is 9.47 Å². The Kier molecular flexibility index (Phi) is 6.83. The van der Waals surface area contributed by atoms with Gasteiger partial charge in [-0.05, 0) is 35.9 Å². The molecule has 1 heterocycles. The molecule has 3 rings (SSSR count). The van der Waals surface area contributed by atoms with E-state index in [4.69, 9.17) is 15.2 Å². The number of hydrogen-bond donors (Lipinski definition) is 1. The lowest BCUT2D eigenvalue weighted by Crippen LogP contribution is -2.12. The van der Waals surface area contributed by atoms with E-state index >= 15 is 0 Å². The lowest BCUT2D eigenvalue weighted by molar-refractivity contribution is 0.448. The predicted octanol–water partition coefficient (Wildman–Crippen LogP) is 4.61. The van der Waals surface area contributed by atoms with Crippen molar-refractivity contribution in [3.8, 4) is 23.1 Å². The van der Waals surface area contributed by atoms with Crippen LogP contribution in [0.4, 0.5) is 5.82 Å². The van der Waals surface area contributed by atoms with Gasteiger partial charge in [-0.3, -0.25) is 0 Å². The average molecular weight is 372 g/mol. The number of rotatable bonds is 6. The van der Waals surface area contributed by atoms with Gasteiger partial charge in [0.25, 0.3) is 0 Å². The summed E-state index contributed by atoms with van der Waals surface area (Å²) in [7, 11) is 3.86. The van der Waals surface area contributed by atoms with Crippen molar-refractivity contribution >= 4 is 18.2 Å². The topological polar surface area (TPSA) is 60.6 Å². The van der Waals surface area contributed by atoms with E-state index in [-0.39, 0.29) is 12.4 Å². The third-order valence-corrected chi connectivity index (χ3v) is 3.55. The largest absolute Gasteiger partial charge is 0.457 e. The van der Waals surface area contributed by atoms with Gasteiger partial charge >= 0.3 is 0 Å². The molecule has 0 bridgehead atoms. The van der Waals surface area contributed by atoms with E-state index in [1.807, 2.05) is 85.7 Å². The van der Waals surface area contributed by atoms with Gasteiger partial charge in [-0.15, -0.1) is 12.4 Å². The van der Waals surface area contributed by atoms with Crippen LogP contribution in [0.3, 0.4) is 0 Å². The van der Waals surface area contributed by atoms with Crippen LogP contribution < -0.4 is 20.1 Å². The van der Waals surface area contributed by atoms with E-state index in [9.17, 15) is 0 Å². The number of pyridine rings is 1. The van der Waals surface area contributed by atoms with Crippen molar-refractivity contribution in [2.24, 2.45) is 5.73 Å². The summed E-state index contributed by atoms with van der Waals surface area (Å²) in [5, 5.41) is 0. The minimum atomic E-state index is 0. The van der Waals surface area contributed by atoms with Crippen molar-refractivity contribution in [3.63, 3.8) is 0 Å².